The van der Waals surface area contributed by atoms with Crippen LogP contribution in [0.3, 0.4) is 0 Å². The van der Waals surface area contributed by atoms with Gasteiger partial charge in [-0.2, -0.15) is 0 Å². The normalized spacial score (nSPS) is 20.8. The molecular weight excluding hydrogens is 554 g/mol. The second kappa shape index (κ2) is 13.3. The molecule has 0 aliphatic carbocycles. The fourth-order valence-corrected chi connectivity index (χ4v) is 6.70. The Bertz CT molecular complexity index is 1460. The summed E-state index contributed by atoms with van der Waals surface area (Å²) < 4.78 is 13.1. The number of rotatable bonds is 9. The van der Waals surface area contributed by atoms with Gasteiger partial charge < -0.3 is 24.6 Å². The molecular formula is C31H37N5O5S. The number of hydrogen-bond donors (Lipinski definition) is 1. The summed E-state index contributed by atoms with van der Waals surface area (Å²) in [4.78, 5) is 48.7. The third-order valence-electron chi connectivity index (χ3n) is 8.19. The average molecular weight is 592 g/mol. The summed E-state index contributed by atoms with van der Waals surface area (Å²) in [6, 6.07) is 15.2. The van der Waals surface area contributed by atoms with E-state index >= 15 is 0 Å². The Hall–Kier alpha value is -3.41. The molecule has 3 saturated heterocycles. The second-order valence-corrected chi connectivity index (χ2v) is 12.0. The minimum Gasteiger partial charge on any atom is -0.376 e. The fourth-order valence-electron chi connectivity index (χ4n) is 5.79. The van der Waals surface area contributed by atoms with Crippen LogP contribution < -0.4 is 15.8 Å². The monoisotopic (exact) mass is 591 g/mol. The van der Waals surface area contributed by atoms with E-state index in [1.165, 1.54) is 11.8 Å². The number of nitrogens with one attached hydrogen (secondary N) is 1. The number of carbonyl (C=O) groups is 2. The Kier molecular flexibility index (Phi) is 9.07. The first kappa shape index (κ1) is 28.7. The van der Waals surface area contributed by atoms with Crippen LogP contribution >= 0.6 is 11.8 Å². The molecule has 0 spiro atoms. The van der Waals surface area contributed by atoms with E-state index in [1.54, 1.807) is 22.8 Å². The number of thioether (sulfide) groups is 1. The Labute approximate surface area is 249 Å². The first-order valence-corrected chi connectivity index (χ1v) is 15.8. The van der Waals surface area contributed by atoms with Crippen molar-refractivity contribution in [2.45, 2.75) is 49.6 Å². The van der Waals surface area contributed by atoms with Crippen LogP contribution in [0.1, 0.15) is 36.0 Å². The minimum absolute atomic E-state index is 0.0213. The van der Waals surface area contributed by atoms with Gasteiger partial charge in [-0.1, -0.05) is 30.0 Å². The van der Waals surface area contributed by atoms with Crippen LogP contribution in [0, 0.1) is 0 Å². The summed E-state index contributed by atoms with van der Waals surface area (Å²) >= 11 is 1.27. The lowest BCUT2D eigenvalue weighted by Crippen LogP contribution is -2.49. The number of nitrogens with zero attached hydrogens (tertiary/aromatic N) is 4. The first-order chi connectivity index (χ1) is 20.5. The van der Waals surface area contributed by atoms with Gasteiger partial charge in [0.1, 0.15) is 0 Å². The third-order valence-corrected chi connectivity index (χ3v) is 9.15. The molecule has 10 nitrogen and oxygen atoms in total. The fraction of sp³-hybridized carbons (Fsp3) is 0.484. The number of ether oxygens (including phenoxy) is 2. The molecule has 0 saturated carbocycles. The number of para-hydroxylation sites is 1. The zero-order chi connectivity index (χ0) is 28.9. The van der Waals surface area contributed by atoms with Crippen molar-refractivity contribution >= 4 is 40.2 Å². The molecule has 0 bridgehead atoms. The minimum atomic E-state index is -0.225. The van der Waals surface area contributed by atoms with Crippen molar-refractivity contribution in [1.29, 1.82) is 0 Å². The quantitative estimate of drug-likeness (QED) is 0.299. The summed E-state index contributed by atoms with van der Waals surface area (Å²) in [5.74, 6) is -0.0270. The van der Waals surface area contributed by atoms with Crippen molar-refractivity contribution in [1.82, 2.24) is 19.8 Å². The molecule has 2 atom stereocenters. The van der Waals surface area contributed by atoms with Crippen molar-refractivity contribution in [2.24, 2.45) is 0 Å². The maximum atomic E-state index is 13.7. The lowest BCUT2D eigenvalue weighted by Gasteiger charge is -2.36. The number of carbonyl (C=O) groups excluding carboxylic acids is 2. The molecule has 2 aromatic carbocycles. The molecule has 6 rings (SSSR count). The van der Waals surface area contributed by atoms with Gasteiger partial charge >= 0.3 is 0 Å². The van der Waals surface area contributed by atoms with E-state index < -0.39 is 0 Å². The predicted octanol–water partition coefficient (Wildman–Crippen LogP) is 2.93. The molecule has 4 heterocycles. The highest BCUT2D eigenvalue weighted by atomic mass is 32.2. The molecule has 3 aliphatic heterocycles. The van der Waals surface area contributed by atoms with Gasteiger partial charge in [-0.15, -0.1) is 0 Å². The molecule has 3 fully saturated rings. The van der Waals surface area contributed by atoms with Crippen LogP contribution in [0.4, 0.5) is 5.69 Å². The highest BCUT2D eigenvalue weighted by Crippen LogP contribution is 2.23. The summed E-state index contributed by atoms with van der Waals surface area (Å²) in [5.41, 5.74) is 1.86. The number of piperazine rings is 1. The Morgan fingerprint density at radius 2 is 1.69 bits per heavy atom. The molecule has 0 radical (unpaired) electrons. The molecule has 1 aromatic heterocycles. The van der Waals surface area contributed by atoms with Crippen molar-refractivity contribution < 1.29 is 19.1 Å². The zero-order valence-corrected chi connectivity index (χ0v) is 24.5. The van der Waals surface area contributed by atoms with Crippen molar-refractivity contribution in [3.05, 3.63) is 64.4 Å². The molecule has 1 N–H and O–H groups in total. The zero-order valence-electron chi connectivity index (χ0n) is 23.7. The van der Waals surface area contributed by atoms with Gasteiger partial charge in [0.15, 0.2) is 5.16 Å². The van der Waals surface area contributed by atoms with Crippen LogP contribution in [-0.2, 0) is 20.8 Å². The van der Waals surface area contributed by atoms with E-state index in [0.29, 0.717) is 54.4 Å². The summed E-state index contributed by atoms with van der Waals surface area (Å²) in [6.45, 7) is 5.09. The van der Waals surface area contributed by atoms with Gasteiger partial charge in [-0.3, -0.25) is 19.0 Å². The van der Waals surface area contributed by atoms with Gasteiger partial charge in [0.2, 0.25) is 5.91 Å². The van der Waals surface area contributed by atoms with Crippen molar-refractivity contribution in [2.75, 3.05) is 56.6 Å². The Morgan fingerprint density at radius 3 is 2.40 bits per heavy atom. The number of amides is 2. The van der Waals surface area contributed by atoms with E-state index in [0.717, 1.165) is 51.1 Å². The summed E-state index contributed by atoms with van der Waals surface area (Å²) in [6.07, 6.45) is 3.76. The van der Waals surface area contributed by atoms with Crippen molar-refractivity contribution in [3.63, 3.8) is 0 Å². The van der Waals surface area contributed by atoms with Crippen LogP contribution in [0.25, 0.3) is 10.9 Å². The van der Waals surface area contributed by atoms with E-state index in [4.69, 9.17) is 14.5 Å². The summed E-state index contributed by atoms with van der Waals surface area (Å²) in [5, 5.41) is 3.84. The largest absolute Gasteiger partial charge is 0.376 e. The number of aromatic nitrogens is 2. The highest BCUT2D eigenvalue weighted by Gasteiger charge is 2.24. The number of fused-ring (bicyclic) bond motifs is 1. The van der Waals surface area contributed by atoms with Crippen LogP contribution in [0.2, 0.25) is 0 Å². The molecule has 0 unspecified atom stereocenters. The van der Waals surface area contributed by atoms with Gasteiger partial charge in [0, 0.05) is 57.2 Å². The molecule has 3 aromatic rings. The molecule has 3 aliphatic rings. The summed E-state index contributed by atoms with van der Waals surface area (Å²) in [7, 11) is 0. The van der Waals surface area contributed by atoms with Crippen molar-refractivity contribution in [3.8, 4) is 0 Å². The van der Waals surface area contributed by atoms with Gasteiger partial charge in [0.25, 0.3) is 11.5 Å². The van der Waals surface area contributed by atoms with Crippen LogP contribution in [-0.4, -0.2) is 90.2 Å². The topological polar surface area (TPSA) is 106 Å². The second-order valence-electron chi connectivity index (χ2n) is 11.0. The number of benzene rings is 2. The lowest BCUT2D eigenvalue weighted by molar-refractivity contribution is -0.128. The number of anilines is 1. The Morgan fingerprint density at radius 1 is 0.952 bits per heavy atom. The van der Waals surface area contributed by atoms with E-state index in [-0.39, 0.29) is 35.3 Å². The smallest absolute Gasteiger partial charge is 0.262 e. The van der Waals surface area contributed by atoms with Crippen LogP contribution in [0.5, 0.6) is 0 Å². The third kappa shape index (κ3) is 6.63. The maximum absolute atomic E-state index is 13.7. The van der Waals surface area contributed by atoms with Gasteiger partial charge in [-0.05, 0) is 56.0 Å². The molecule has 11 heteroatoms. The van der Waals surface area contributed by atoms with Crippen LogP contribution in [0.15, 0.2) is 58.5 Å². The number of hydrogen-bond acceptors (Lipinski definition) is 8. The van der Waals surface area contributed by atoms with E-state index in [1.807, 2.05) is 23.1 Å². The predicted molar refractivity (Wildman–Crippen MR) is 162 cm³/mol. The van der Waals surface area contributed by atoms with E-state index in [9.17, 15) is 14.4 Å². The molecule has 42 heavy (non-hydrogen) atoms. The first-order valence-electron chi connectivity index (χ1n) is 14.8. The highest BCUT2D eigenvalue weighted by molar-refractivity contribution is 7.99. The maximum Gasteiger partial charge on any atom is 0.262 e. The SMILES string of the molecule is O=C(NC[C@@H]1CCCO1)c1ccc2c(=O)n(C[C@H]3CCCO3)c(SCC(=O)N3CCN(c4ccccc4)CC3)nc2c1. The van der Waals surface area contributed by atoms with Gasteiger partial charge in [-0.25, -0.2) is 4.98 Å². The van der Waals surface area contributed by atoms with E-state index in [2.05, 4.69) is 22.3 Å². The lowest BCUT2D eigenvalue weighted by atomic mass is 10.1. The average Bonchev–Trinajstić information content (AvgIpc) is 3.75. The molecule has 2 amide bonds. The molecule has 222 valence electrons. The Balaban J connectivity index is 1.17. The van der Waals surface area contributed by atoms with Gasteiger partial charge in [0.05, 0.1) is 35.4 Å². The standard InChI is InChI=1S/C31H37N5O5S/c37-28(35-14-12-34(13-15-35)23-6-2-1-3-7-23)21-42-31-33-27-18-22(29(38)32-19-24-8-4-16-40-24)10-11-26(27)30(39)36(31)20-25-9-5-17-41-25/h1-3,6-7,10-11,18,24-25H,4-5,8-9,12-17,19-21H2,(H,32,38)/t24-,25+/m0/s1.